The molecule has 2 N–H and O–H groups in total. The van der Waals surface area contributed by atoms with E-state index in [2.05, 4.69) is 31.9 Å². The van der Waals surface area contributed by atoms with Crippen LogP contribution in [0.2, 0.25) is 0 Å². The molecule has 1 aromatic heterocycles. The summed E-state index contributed by atoms with van der Waals surface area (Å²) in [6.07, 6.45) is 0. The van der Waals surface area contributed by atoms with Gasteiger partial charge in [-0.3, -0.25) is 0 Å². The van der Waals surface area contributed by atoms with Crippen molar-refractivity contribution in [2.24, 2.45) is 5.73 Å². The molecule has 0 spiro atoms. The van der Waals surface area contributed by atoms with Gasteiger partial charge in [0, 0.05) is 5.56 Å². The molecule has 0 aliphatic carbocycles. The van der Waals surface area contributed by atoms with Crippen molar-refractivity contribution >= 4 is 43.2 Å². The molecule has 6 heteroatoms. The van der Waals surface area contributed by atoms with E-state index in [-0.39, 0.29) is 5.56 Å². The second kappa shape index (κ2) is 5.36. The minimum Gasteiger partial charge on any atom is -0.320 e. The summed E-state index contributed by atoms with van der Waals surface area (Å²) in [5, 5.41) is 0. The molecule has 2 aromatic rings. The van der Waals surface area contributed by atoms with E-state index >= 15 is 0 Å². The summed E-state index contributed by atoms with van der Waals surface area (Å²) in [5.74, 6) is -1.21. The first kappa shape index (κ1) is 14.1. The second-order valence-electron chi connectivity index (χ2n) is 3.85. The molecule has 1 unspecified atom stereocenters. The fraction of sp³-hybridized carbons (Fsp3) is 0.167. The Labute approximate surface area is 124 Å². The van der Waals surface area contributed by atoms with Crippen LogP contribution in [-0.4, -0.2) is 0 Å². The summed E-state index contributed by atoms with van der Waals surface area (Å²) < 4.78 is 29.4. The molecule has 0 bridgehead atoms. The zero-order valence-corrected chi connectivity index (χ0v) is 13.3. The number of thiophene rings is 1. The van der Waals surface area contributed by atoms with E-state index in [9.17, 15) is 8.78 Å². The Morgan fingerprint density at radius 1 is 1.28 bits per heavy atom. The number of hydrogen-bond acceptors (Lipinski definition) is 2. The van der Waals surface area contributed by atoms with Gasteiger partial charge in [0.2, 0.25) is 0 Å². The van der Waals surface area contributed by atoms with Gasteiger partial charge < -0.3 is 5.73 Å². The van der Waals surface area contributed by atoms with E-state index in [4.69, 9.17) is 5.73 Å². The number of nitrogens with two attached hydrogens (primary N) is 1. The van der Waals surface area contributed by atoms with E-state index < -0.39 is 17.7 Å². The van der Waals surface area contributed by atoms with Crippen LogP contribution in [0.1, 0.15) is 22.7 Å². The van der Waals surface area contributed by atoms with Crippen molar-refractivity contribution in [2.75, 3.05) is 0 Å². The zero-order chi connectivity index (χ0) is 13.4. The predicted octanol–water partition coefficient (Wildman–Crippen LogP) is 4.91. The lowest BCUT2D eigenvalue weighted by Crippen LogP contribution is -2.16. The number of halogens is 4. The predicted molar refractivity (Wildman–Crippen MR) is 76.8 cm³/mol. The van der Waals surface area contributed by atoms with Gasteiger partial charge in [-0.15, -0.1) is 11.3 Å². The van der Waals surface area contributed by atoms with Crippen LogP contribution in [0.5, 0.6) is 0 Å². The average molecular weight is 397 g/mol. The molecule has 0 radical (unpaired) electrons. The first-order valence-electron chi connectivity index (χ1n) is 5.06. The van der Waals surface area contributed by atoms with E-state index in [0.29, 0.717) is 11.1 Å². The van der Waals surface area contributed by atoms with Crippen molar-refractivity contribution in [2.45, 2.75) is 13.0 Å². The largest absolute Gasteiger partial charge is 0.320 e. The highest BCUT2D eigenvalue weighted by molar-refractivity contribution is 9.12. The fourth-order valence-corrected chi connectivity index (χ4v) is 4.61. The summed E-state index contributed by atoms with van der Waals surface area (Å²) in [5.41, 5.74) is 6.92. The van der Waals surface area contributed by atoms with Crippen LogP contribution in [0.25, 0.3) is 0 Å². The van der Waals surface area contributed by atoms with Gasteiger partial charge in [0.15, 0.2) is 0 Å². The number of benzene rings is 1. The van der Waals surface area contributed by atoms with Crippen LogP contribution < -0.4 is 5.73 Å². The SMILES string of the molecule is Cc1ccc(F)c(C(N)c2cc(Br)sc2Br)c1F. The molecule has 2 rings (SSSR count). The number of aryl methyl sites for hydroxylation is 1. The topological polar surface area (TPSA) is 26.0 Å². The van der Waals surface area contributed by atoms with Gasteiger partial charge in [-0.05, 0) is 62.0 Å². The van der Waals surface area contributed by atoms with Gasteiger partial charge in [0.05, 0.1) is 13.6 Å². The molecule has 1 atom stereocenters. The van der Waals surface area contributed by atoms with E-state index in [1.54, 1.807) is 13.0 Å². The Hall–Kier alpha value is -0.300. The first-order chi connectivity index (χ1) is 8.41. The maximum Gasteiger partial charge on any atom is 0.134 e. The van der Waals surface area contributed by atoms with Gasteiger partial charge >= 0.3 is 0 Å². The maximum atomic E-state index is 14.0. The maximum absolute atomic E-state index is 14.0. The van der Waals surface area contributed by atoms with Crippen molar-refractivity contribution in [3.8, 4) is 0 Å². The molecule has 0 saturated carbocycles. The summed E-state index contributed by atoms with van der Waals surface area (Å²) >= 11 is 8.08. The molecular weight excluding hydrogens is 388 g/mol. The van der Waals surface area contributed by atoms with Crippen molar-refractivity contribution in [3.05, 3.63) is 54.1 Å². The highest BCUT2D eigenvalue weighted by Gasteiger charge is 2.23. The molecule has 0 saturated heterocycles. The van der Waals surface area contributed by atoms with E-state index in [1.807, 2.05) is 0 Å². The quantitative estimate of drug-likeness (QED) is 0.766. The average Bonchev–Trinajstić information content (AvgIpc) is 2.63. The van der Waals surface area contributed by atoms with Crippen molar-refractivity contribution in [1.29, 1.82) is 0 Å². The monoisotopic (exact) mass is 395 g/mol. The Morgan fingerprint density at radius 2 is 1.94 bits per heavy atom. The summed E-state index contributed by atoms with van der Waals surface area (Å²) in [7, 11) is 0. The minimum atomic E-state index is -0.832. The first-order valence-corrected chi connectivity index (χ1v) is 7.47. The third-order valence-electron chi connectivity index (χ3n) is 2.65. The van der Waals surface area contributed by atoms with Crippen molar-refractivity contribution in [3.63, 3.8) is 0 Å². The van der Waals surface area contributed by atoms with Gasteiger partial charge in [0.1, 0.15) is 11.6 Å². The lowest BCUT2D eigenvalue weighted by atomic mass is 9.99. The molecular formula is C12H9Br2F2NS. The molecule has 0 aliphatic heterocycles. The molecule has 1 heterocycles. The van der Waals surface area contributed by atoms with Gasteiger partial charge in [-0.2, -0.15) is 0 Å². The third kappa shape index (κ3) is 2.52. The standard InChI is InChI=1S/C12H9Br2F2NS/c1-5-2-3-7(15)9(10(5)16)11(17)6-4-8(13)18-12(6)14/h2-4,11H,17H2,1H3. The molecule has 1 nitrogen and oxygen atoms in total. The highest BCUT2D eigenvalue weighted by Crippen LogP contribution is 2.38. The summed E-state index contributed by atoms with van der Waals surface area (Å²) in [6.45, 7) is 1.59. The van der Waals surface area contributed by atoms with Crippen molar-refractivity contribution in [1.82, 2.24) is 0 Å². The number of hydrogen-bond donors (Lipinski definition) is 1. The van der Waals surface area contributed by atoms with Gasteiger partial charge in [-0.25, -0.2) is 8.78 Å². The smallest absolute Gasteiger partial charge is 0.134 e. The normalized spacial score (nSPS) is 12.8. The molecule has 0 fully saturated rings. The minimum absolute atomic E-state index is 0.0963. The van der Waals surface area contributed by atoms with Crippen LogP contribution in [0, 0.1) is 18.6 Å². The molecule has 0 amide bonds. The zero-order valence-electron chi connectivity index (χ0n) is 9.31. The van der Waals surface area contributed by atoms with Crippen LogP contribution >= 0.6 is 43.2 Å². The Kier molecular flexibility index (Phi) is 4.21. The molecule has 18 heavy (non-hydrogen) atoms. The summed E-state index contributed by atoms with van der Waals surface area (Å²) in [4.78, 5) is 0. The van der Waals surface area contributed by atoms with Crippen molar-refractivity contribution < 1.29 is 8.78 Å². The second-order valence-corrected chi connectivity index (χ2v) is 7.60. The lowest BCUT2D eigenvalue weighted by Gasteiger charge is -2.14. The van der Waals surface area contributed by atoms with Crippen LogP contribution in [-0.2, 0) is 0 Å². The Balaban J connectivity index is 2.56. The van der Waals surface area contributed by atoms with Crippen LogP contribution in [0.3, 0.4) is 0 Å². The Morgan fingerprint density at radius 3 is 2.50 bits per heavy atom. The van der Waals surface area contributed by atoms with Crippen LogP contribution in [0.15, 0.2) is 25.8 Å². The van der Waals surface area contributed by atoms with E-state index in [1.165, 1.54) is 23.5 Å². The number of rotatable bonds is 2. The fourth-order valence-electron chi connectivity index (χ4n) is 1.68. The van der Waals surface area contributed by atoms with Gasteiger partial charge in [0.25, 0.3) is 0 Å². The lowest BCUT2D eigenvalue weighted by molar-refractivity contribution is 0.538. The van der Waals surface area contributed by atoms with Crippen LogP contribution in [0.4, 0.5) is 8.78 Å². The third-order valence-corrected chi connectivity index (χ3v) is 5.03. The Bertz CT molecular complexity index is 598. The molecule has 0 aliphatic rings. The molecule has 96 valence electrons. The van der Waals surface area contributed by atoms with Gasteiger partial charge in [-0.1, -0.05) is 6.07 Å². The highest BCUT2D eigenvalue weighted by atomic mass is 79.9. The summed E-state index contributed by atoms with van der Waals surface area (Å²) in [6, 6.07) is 3.57. The van der Waals surface area contributed by atoms with E-state index in [0.717, 1.165) is 7.57 Å². The molecule has 1 aromatic carbocycles.